The number of nitrogens with zero attached hydrogens (tertiary/aromatic N) is 1. The van der Waals surface area contributed by atoms with Crippen molar-refractivity contribution in [3.8, 4) is 0 Å². The highest BCUT2D eigenvalue weighted by Gasteiger charge is 2.09. The first kappa shape index (κ1) is 9.03. The first-order chi connectivity index (χ1) is 5.15. The Hall–Kier alpha value is -0.0600. The van der Waals surface area contributed by atoms with Crippen LogP contribution in [0.4, 0.5) is 0 Å². The summed E-state index contributed by atoms with van der Waals surface area (Å²) in [6.45, 7) is 4.06. The van der Waals surface area contributed by atoms with Crippen LogP contribution in [0.3, 0.4) is 0 Å². The fourth-order valence-electron chi connectivity index (χ4n) is 0.734. The highest BCUT2D eigenvalue weighted by Crippen LogP contribution is 2.21. The second-order valence-corrected chi connectivity index (χ2v) is 4.08. The van der Waals surface area contributed by atoms with Gasteiger partial charge in [-0.2, -0.15) is 12.6 Å². The van der Waals surface area contributed by atoms with Crippen LogP contribution in [0.5, 0.6) is 0 Å². The average Bonchev–Trinajstić information content (AvgIpc) is 2.31. The van der Waals surface area contributed by atoms with Crippen LogP contribution in [0.1, 0.15) is 21.6 Å². The fourth-order valence-corrected chi connectivity index (χ4v) is 1.96. The van der Waals surface area contributed by atoms with Crippen LogP contribution >= 0.6 is 24.0 Å². The minimum atomic E-state index is -0.00395. The zero-order valence-corrected chi connectivity index (χ0v) is 8.38. The van der Waals surface area contributed by atoms with E-state index in [2.05, 4.69) is 24.5 Å². The number of nitrogens with two attached hydrogens (primary N) is 1. The van der Waals surface area contributed by atoms with Gasteiger partial charge in [-0.25, -0.2) is 4.98 Å². The van der Waals surface area contributed by atoms with Crippen molar-refractivity contribution in [1.82, 2.24) is 4.98 Å². The molecule has 0 saturated heterocycles. The molecule has 0 radical (unpaired) electrons. The van der Waals surface area contributed by atoms with Crippen molar-refractivity contribution in [2.75, 3.05) is 5.75 Å². The van der Waals surface area contributed by atoms with Crippen LogP contribution in [-0.4, -0.2) is 10.7 Å². The summed E-state index contributed by atoms with van der Waals surface area (Å²) in [6.07, 6.45) is 0. The zero-order valence-electron chi connectivity index (χ0n) is 6.66. The predicted octanol–water partition coefficient (Wildman–Crippen LogP) is 1.69. The Bertz CT molecular complexity index is 225. The van der Waals surface area contributed by atoms with E-state index in [-0.39, 0.29) is 6.04 Å². The third kappa shape index (κ3) is 1.95. The molecule has 62 valence electrons. The van der Waals surface area contributed by atoms with E-state index in [1.807, 2.05) is 6.92 Å². The Morgan fingerprint density at radius 2 is 2.27 bits per heavy atom. The summed E-state index contributed by atoms with van der Waals surface area (Å²) in [7, 11) is 0. The number of rotatable bonds is 2. The maximum Gasteiger partial charge on any atom is 0.111 e. The van der Waals surface area contributed by atoms with E-state index in [1.165, 1.54) is 4.88 Å². The number of hydrogen-bond acceptors (Lipinski definition) is 4. The topological polar surface area (TPSA) is 38.9 Å². The van der Waals surface area contributed by atoms with Gasteiger partial charge in [-0.1, -0.05) is 0 Å². The predicted molar refractivity (Wildman–Crippen MR) is 52.4 cm³/mol. The Morgan fingerprint density at radius 1 is 1.64 bits per heavy atom. The number of thiazole rings is 1. The van der Waals surface area contributed by atoms with Crippen molar-refractivity contribution >= 4 is 24.0 Å². The van der Waals surface area contributed by atoms with E-state index in [9.17, 15) is 0 Å². The lowest BCUT2D eigenvalue weighted by Gasteiger charge is -2.01. The normalized spacial score (nSPS) is 13.5. The third-order valence-corrected chi connectivity index (χ3v) is 3.16. The molecule has 11 heavy (non-hydrogen) atoms. The van der Waals surface area contributed by atoms with Crippen LogP contribution in [-0.2, 0) is 0 Å². The number of hydrogen-bond donors (Lipinski definition) is 2. The highest BCUT2D eigenvalue weighted by molar-refractivity contribution is 7.80. The minimum Gasteiger partial charge on any atom is -0.321 e. The Labute approximate surface area is 76.2 Å². The third-order valence-electron chi connectivity index (χ3n) is 1.56. The summed E-state index contributed by atoms with van der Waals surface area (Å²) in [5.74, 6) is 0.659. The van der Waals surface area contributed by atoms with Crippen LogP contribution in [0, 0.1) is 13.8 Å². The standard InChI is InChI=1S/C7H12N2S2/c1-4-5(2)11-7(9-4)6(8)3-10/h6,10H,3,8H2,1-2H3/t6-/m0/s1. The zero-order chi connectivity index (χ0) is 8.43. The summed E-state index contributed by atoms with van der Waals surface area (Å²) < 4.78 is 0. The molecule has 0 spiro atoms. The summed E-state index contributed by atoms with van der Waals surface area (Å²) in [4.78, 5) is 5.57. The van der Waals surface area contributed by atoms with Gasteiger partial charge in [0.15, 0.2) is 0 Å². The van der Waals surface area contributed by atoms with Gasteiger partial charge in [0, 0.05) is 10.6 Å². The van der Waals surface area contributed by atoms with Crippen molar-refractivity contribution in [3.05, 3.63) is 15.6 Å². The van der Waals surface area contributed by atoms with Crippen molar-refractivity contribution in [2.45, 2.75) is 19.9 Å². The van der Waals surface area contributed by atoms with Gasteiger partial charge in [0.05, 0.1) is 11.7 Å². The second kappa shape index (κ2) is 3.56. The quantitative estimate of drug-likeness (QED) is 0.693. The molecule has 1 aromatic rings. The Morgan fingerprint density at radius 3 is 2.64 bits per heavy atom. The summed E-state index contributed by atoms with van der Waals surface area (Å²) in [5.41, 5.74) is 6.83. The molecule has 1 heterocycles. The SMILES string of the molecule is Cc1nc([C@@H](N)CS)sc1C. The minimum absolute atomic E-state index is 0.00395. The van der Waals surface area contributed by atoms with E-state index in [0.29, 0.717) is 5.75 Å². The second-order valence-electron chi connectivity index (χ2n) is 2.48. The molecule has 1 aromatic heterocycles. The van der Waals surface area contributed by atoms with Crippen molar-refractivity contribution in [3.63, 3.8) is 0 Å². The smallest absolute Gasteiger partial charge is 0.111 e. The van der Waals surface area contributed by atoms with E-state index >= 15 is 0 Å². The number of aryl methyl sites for hydroxylation is 2. The molecular weight excluding hydrogens is 176 g/mol. The lowest BCUT2D eigenvalue weighted by Crippen LogP contribution is -2.11. The lowest BCUT2D eigenvalue weighted by atomic mass is 10.4. The molecule has 0 fully saturated rings. The van der Waals surface area contributed by atoms with Gasteiger partial charge >= 0.3 is 0 Å². The van der Waals surface area contributed by atoms with Crippen LogP contribution in [0.25, 0.3) is 0 Å². The van der Waals surface area contributed by atoms with Gasteiger partial charge in [-0.3, -0.25) is 0 Å². The first-order valence-corrected chi connectivity index (χ1v) is 4.90. The monoisotopic (exact) mass is 188 g/mol. The van der Waals surface area contributed by atoms with E-state index in [0.717, 1.165) is 10.7 Å². The molecule has 0 aliphatic carbocycles. The molecule has 0 amide bonds. The van der Waals surface area contributed by atoms with Gasteiger partial charge in [0.2, 0.25) is 0 Å². The summed E-state index contributed by atoms with van der Waals surface area (Å²) >= 11 is 5.77. The van der Waals surface area contributed by atoms with Gasteiger partial charge in [0.25, 0.3) is 0 Å². The van der Waals surface area contributed by atoms with E-state index in [4.69, 9.17) is 5.73 Å². The van der Waals surface area contributed by atoms with E-state index in [1.54, 1.807) is 11.3 Å². The molecule has 0 unspecified atom stereocenters. The Kier molecular flexibility index (Phi) is 2.92. The van der Waals surface area contributed by atoms with Crippen LogP contribution < -0.4 is 5.73 Å². The maximum atomic E-state index is 5.75. The molecule has 4 heteroatoms. The molecule has 0 bridgehead atoms. The van der Waals surface area contributed by atoms with E-state index < -0.39 is 0 Å². The molecule has 0 aliphatic heterocycles. The van der Waals surface area contributed by atoms with Crippen molar-refractivity contribution in [2.24, 2.45) is 5.73 Å². The van der Waals surface area contributed by atoms with Gasteiger partial charge in [-0.05, 0) is 13.8 Å². The van der Waals surface area contributed by atoms with Crippen LogP contribution in [0.2, 0.25) is 0 Å². The molecule has 0 aromatic carbocycles. The first-order valence-electron chi connectivity index (χ1n) is 3.45. The molecular formula is C7H12N2S2. The Balaban J connectivity index is 2.88. The van der Waals surface area contributed by atoms with Gasteiger partial charge in [0.1, 0.15) is 5.01 Å². The summed E-state index contributed by atoms with van der Waals surface area (Å²) in [6, 6.07) is -0.00395. The molecule has 0 aliphatic rings. The molecule has 1 atom stereocenters. The number of thiol groups is 1. The lowest BCUT2D eigenvalue weighted by molar-refractivity contribution is 0.817. The summed E-state index contributed by atoms with van der Waals surface area (Å²) in [5, 5.41) is 0.995. The molecule has 2 N–H and O–H groups in total. The average molecular weight is 188 g/mol. The van der Waals surface area contributed by atoms with Gasteiger partial charge in [-0.15, -0.1) is 11.3 Å². The molecule has 0 saturated carbocycles. The highest BCUT2D eigenvalue weighted by atomic mass is 32.1. The number of aromatic nitrogens is 1. The molecule has 1 rings (SSSR count). The van der Waals surface area contributed by atoms with Gasteiger partial charge < -0.3 is 5.73 Å². The van der Waals surface area contributed by atoms with Crippen molar-refractivity contribution < 1.29 is 0 Å². The van der Waals surface area contributed by atoms with Crippen LogP contribution in [0.15, 0.2) is 0 Å². The fraction of sp³-hybridized carbons (Fsp3) is 0.571. The largest absolute Gasteiger partial charge is 0.321 e. The van der Waals surface area contributed by atoms with Crippen molar-refractivity contribution in [1.29, 1.82) is 0 Å². The maximum absolute atomic E-state index is 5.75. The molecule has 2 nitrogen and oxygen atoms in total.